The van der Waals surface area contributed by atoms with E-state index in [0.29, 0.717) is 29.9 Å². The van der Waals surface area contributed by atoms with E-state index >= 15 is 0 Å². The molecule has 2 unspecified atom stereocenters. The second kappa shape index (κ2) is 11.2. The van der Waals surface area contributed by atoms with Gasteiger partial charge in [0, 0.05) is 0 Å². The van der Waals surface area contributed by atoms with Crippen LogP contribution >= 0.6 is 0 Å². The minimum atomic E-state index is -1.47. The first-order valence-electron chi connectivity index (χ1n) is 12.7. The second-order valence-electron chi connectivity index (χ2n) is 9.81. The summed E-state index contributed by atoms with van der Waals surface area (Å²) in [5, 5.41) is 49.9. The van der Waals surface area contributed by atoms with Crippen LogP contribution in [0.4, 0.5) is 0 Å². The summed E-state index contributed by atoms with van der Waals surface area (Å²) < 4.78 is 17.7. The quantitative estimate of drug-likeness (QED) is 0.376. The van der Waals surface area contributed by atoms with Crippen LogP contribution in [-0.2, 0) is 15.9 Å². The van der Waals surface area contributed by atoms with Crippen molar-refractivity contribution in [3.8, 4) is 11.8 Å². The lowest BCUT2D eigenvalue weighted by molar-refractivity contribution is -0.231. The standard InChI is InChI=1S/C30H31NO7/c1-17-23-4-2-3-5-24(23)26(37-17)16-36-22-10-6-18(7-11-22)12-21-13-19(8-9-20(21)14-31)30-29(35)28(34)27(33)25(15-32)38-30/h2-11,13,17,25-30,32-35H,12,15-16H2,1H3/t17?,25-,26?,27-,28+,29-,30+/m1/s1. The van der Waals surface area contributed by atoms with Gasteiger partial charge in [0.1, 0.15) is 49.0 Å². The number of nitrogens with zero attached hydrogens (tertiary/aromatic N) is 1. The van der Waals surface area contributed by atoms with Crippen LogP contribution in [0.2, 0.25) is 0 Å². The molecule has 1 saturated heterocycles. The molecule has 3 aromatic rings. The summed E-state index contributed by atoms with van der Waals surface area (Å²) in [4.78, 5) is 0. The van der Waals surface area contributed by atoms with E-state index in [0.717, 1.165) is 16.7 Å². The Kier molecular flexibility index (Phi) is 7.77. The summed E-state index contributed by atoms with van der Waals surface area (Å²) in [6, 6.07) is 23.0. The topological polar surface area (TPSA) is 132 Å². The summed E-state index contributed by atoms with van der Waals surface area (Å²) in [6.45, 7) is 1.94. The van der Waals surface area contributed by atoms with Crippen molar-refractivity contribution in [3.63, 3.8) is 0 Å². The molecule has 2 aliphatic rings. The summed E-state index contributed by atoms with van der Waals surface area (Å²) in [7, 11) is 0. The molecular weight excluding hydrogens is 486 g/mol. The first kappa shape index (κ1) is 26.3. The fourth-order valence-corrected chi connectivity index (χ4v) is 5.21. The minimum Gasteiger partial charge on any atom is -0.491 e. The molecule has 38 heavy (non-hydrogen) atoms. The van der Waals surface area contributed by atoms with E-state index in [-0.39, 0.29) is 12.2 Å². The molecule has 0 bridgehead atoms. The highest BCUT2D eigenvalue weighted by molar-refractivity contribution is 5.44. The molecule has 7 atom stereocenters. The maximum Gasteiger partial charge on any atom is 0.119 e. The molecule has 1 fully saturated rings. The van der Waals surface area contributed by atoms with Gasteiger partial charge in [0.05, 0.1) is 24.3 Å². The minimum absolute atomic E-state index is 0.0373. The van der Waals surface area contributed by atoms with Crippen LogP contribution in [0.3, 0.4) is 0 Å². The fourth-order valence-electron chi connectivity index (χ4n) is 5.21. The van der Waals surface area contributed by atoms with Crippen molar-refractivity contribution in [1.29, 1.82) is 5.26 Å². The molecule has 4 N–H and O–H groups in total. The van der Waals surface area contributed by atoms with Crippen molar-refractivity contribution >= 4 is 0 Å². The lowest BCUT2D eigenvalue weighted by atomic mass is 9.89. The SMILES string of the molecule is CC1OC(COc2ccc(Cc3cc([C@@H]4O[C@H](CO)[C@@H](O)[C@H](O)[C@H]4O)ccc3C#N)cc2)c2ccccc21. The Hall–Kier alpha value is -3.29. The molecule has 0 aromatic heterocycles. The van der Waals surface area contributed by atoms with Gasteiger partial charge in [-0.15, -0.1) is 0 Å². The number of ether oxygens (including phenoxy) is 3. The Morgan fingerprint density at radius 1 is 0.895 bits per heavy atom. The van der Waals surface area contributed by atoms with Gasteiger partial charge in [-0.2, -0.15) is 5.26 Å². The maximum absolute atomic E-state index is 10.5. The van der Waals surface area contributed by atoms with Crippen molar-refractivity contribution < 1.29 is 34.6 Å². The van der Waals surface area contributed by atoms with E-state index in [2.05, 4.69) is 18.2 Å². The Balaban J connectivity index is 1.28. The van der Waals surface area contributed by atoms with Crippen molar-refractivity contribution in [1.82, 2.24) is 0 Å². The van der Waals surface area contributed by atoms with E-state index in [1.165, 1.54) is 5.56 Å². The molecule has 0 saturated carbocycles. The summed E-state index contributed by atoms with van der Waals surface area (Å²) in [6.07, 6.45) is -5.88. The fraction of sp³-hybridized carbons (Fsp3) is 0.367. The Morgan fingerprint density at radius 2 is 1.63 bits per heavy atom. The van der Waals surface area contributed by atoms with Crippen molar-refractivity contribution in [2.45, 2.75) is 56.1 Å². The van der Waals surface area contributed by atoms with Crippen molar-refractivity contribution in [2.75, 3.05) is 13.2 Å². The predicted octanol–water partition coefficient (Wildman–Crippen LogP) is 2.88. The predicted molar refractivity (Wildman–Crippen MR) is 137 cm³/mol. The molecule has 0 radical (unpaired) electrons. The van der Waals surface area contributed by atoms with Gasteiger partial charge in [-0.1, -0.05) is 48.5 Å². The lowest BCUT2D eigenvalue weighted by Gasteiger charge is -2.40. The molecule has 198 valence electrons. The van der Waals surface area contributed by atoms with Crippen molar-refractivity contribution in [3.05, 3.63) is 100 Å². The van der Waals surface area contributed by atoms with Crippen LogP contribution < -0.4 is 4.74 Å². The normalized spacial score (nSPS) is 28.5. The van der Waals surface area contributed by atoms with E-state index in [1.54, 1.807) is 18.2 Å². The number of aliphatic hydroxyl groups excluding tert-OH is 4. The maximum atomic E-state index is 10.5. The van der Waals surface area contributed by atoms with Gasteiger partial charge < -0.3 is 34.6 Å². The Bertz CT molecular complexity index is 1300. The molecular formula is C30H31NO7. The summed E-state index contributed by atoms with van der Waals surface area (Å²) in [5.74, 6) is 0.713. The zero-order chi connectivity index (χ0) is 26.8. The van der Waals surface area contributed by atoms with Gasteiger partial charge in [0.15, 0.2) is 0 Å². The largest absolute Gasteiger partial charge is 0.491 e. The molecule has 3 aromatic carbocycles. The van der Waals surface area contributed by atoms with Gasteiger partial charge in [-0.3, -0.25) is 0 Å². The zero-order valence-electron chi connectivity index (χ0n) is 21.0. The van der Waals surface area contributed by atoms with Crippen LogP contribution in [0.1, 0.15) is 58.6 Å². The number of hydrogen-bond acceptors (Lipinski definition) is 8. The van der Waals surface area contributed by atoms with E-state index in [1.807, 2.05) is 43.3 Å². The monoisotopic (exact) mass is 517 g/mol. The van der Waals surface area contributed by atoms with Crippen LogP contribution in [0.25, 0.3) is 0 Å². The number of aliphatic hydroxyl groups is 4. The average Bonchev–Trinajstić information content (AvgIpc) is 3.27. The van der Waals surface area contributed by atoms with Gasteiger partial charge in [-0.25, -0.2) is 0 Å². The van der Waals surface area contributed by atoms with Gasteiger partial charge in [0.2, 0.25) is 0 Å². The van der Waals surface area contributed by atoms with Crippen LogP contribution in [0, 0.1) is 11.3 Å². The number of fused-ring (bicyclic) bond motifs is 1. The Morgan fingerprint density at radius 3 is 2.34 bits per heavy atom. The molecule has 5 rings (SSSR count). The molecule has 0 aliphatic carbocycles. The second-order valence-corrected chi connectivity index (χ2v) is 9.81. The third-order valence-corrected chi connectivity index (χ3v) is 7.34. The third-order valence-electron chi connectivity index (χ3n) is 7.34. The van der Waals surface area contributed by atoms with Gasteiger partial charge in [-0.05, 0) is 59.4 Å². The lowest BCUT2D eigenvalue weighted by Crippen LogP contribution is -2.55. The molecule has 0 spiro atoms. The Labute approximate surface area is 221 Å². The number of rotatable bonds is 7. The van der Waals surface area contributed by atoms with Crippen LogP contribution in [-0.4, -0.2) is 58.1 Å². The average molecular weight is 518 g/mol. The van der Waals surface area contributed by atoms with E-state index in [4.69, 9.17) is 14.2 Å². The molecule has 0 amide bonds. The molecule has 2 heterocycles. The molecule has 8 nitrogen and oxygen atoms in total. The third kappa shape index (κ3) is 5.18. The van der Waals surface area contributed by atoms with Crippen LogP contribution in [0.15, 0.2) is 66.7 Å². The summed E-state index contributed by atoms with van der Waals surface area (Å²) >= 11 is 0. The highest BCUT2D eigenvalue weighted by atomic mass is 16.5. The first-order chi connectivity index (χ1) is 18.4. The number of hydrogen-bond donors (Lipinski definition) is 4. The summed E-state index contributed by atoms with van der Waals surface area (Å²) in [5.41, 5.74) is 5.04. The smallest absolute Gasteiger partial charge is 0.119 e. The molecule has 8 heteroatoms. The van der Waals surface area contributed by atoms with E-state index in [9.17, 15) is 25.7 Å². The van der Waals surface area contributed by atoms with Gasteiger partial charge in [0.25, 0.3) is 0 Å². The van der Waals surface area contributed by atoms with Crippen molar-refractivity contribution in [2.24, 2.45) is 0 Å². The van der Waals surface area contributed by atoms with Gasteiger partial charge >= 0.3 is 0 Å². The first-order valence-corrected chi connectivity index (χ1v) is 12.7. The number of benzene rings is 3. The highest BCUT2D eigenvalue weighted by Crippen LogP contribution is 2.39. The van der Waals surface area contributed by atoms with Crippen LogP contribution in [0.5, 0.6) is 5.75 Å². The zero-order valence-corrected chi connectivity index (χ0v) is 21.0. The number of nitriles is 1. The molecule has 2 aliphatic heterocycles. The van der Waals surface area contributed by atoms with E-state index < -0.39 is 37.1 Å². The highest BCUT2D eigenvalue weighted by Gasteiger charge is 2.44.